The zero-order chi connectivity index (χ0) is 27.8. The Morgan fingerprint density at radius 3 is 2.64 bits per heavy atom. The van der Waals surface area contributed by atoms with Crippen molar-refractivity contribution in [2.45, 2.75) is 31.0 Å². The lowest BCUT2D eigenvalue weighted by Gasteiger charge is -2.30. The number of nitrogens with zero attached hydrogens (tertiary/aromatic N) is 1. The van der Waals surface area contributed by atoms with Crippen molar-refractivity contribution in [3.8, 4) is 11.5 Å². The molecule has 0 fully saturated rings. The molecule has 0 saturated heterocycles. The van der Waals surface area contributed by atoms with Crippen LogP contribution in [-0.4, -0.2) is 42.8 Å². The van der Waals surface area contributed by atoms with Crippen LogP contribution in [0.1, 0.15) is 35.6 Å². The summed E-state index contributed by atoms with van der Waals surface area (Å²) in [5.74, 6) is 1.27. The lowest BCUT2D eigenvalue weighted by molar-refractivity contribution is -0.129. The van der Waals surface area contributed by atoms with E-state index in [4.69, 9.17) is 47.5 Å². The summed E-state index contributed by atoms with van der Waals surface area (Å²) in [5, 5.41) is 12.8. The average Bonchev–Trinajstić information content (AvgIpc) is 3.32. The summed E-state index contributed by atoms with van der Waals surface area (Å²) in [6.07, 6.45) is 1.54. The van der Waals surface area contributed by atoms with Crippen molar-refractivity contribution in [1.29, 1.82) is 0 Å². The topological polar surface area (TPSA) is 89.4 Å². The van der Waals surface area contributed by atoms with Gasteiger partial charge in [-0.1, -0.05) is 53.5 Å². The van der Waals surface area contributed by atoms with E-state index in [1.165, 1.54) is 0 Å². The van der Waals surface area contributed by atoms with Crippen LogP contribution in [0.4, 0.5) is 0 Å². The van der Waals surface area contributed by atoms with Crippen LogP contribution in [0.3, 0.4) is 0 Å². The summed E-state index contributed by atoms with van der Waals surface area (Å²) in [6.45, 7) is 4.58. The van der Waals surface area contributed by atoms with Crippen LogP contribution in [0.25, 0.3) is 0 Å². The Labute approximate surface area is 238 Å². The first-order chi connectivity index (χ1) is 18.9. The molecule has 2 N–H and O–H groups in total. The van der Waals surface area contributed by atoms with E-state index in [1.807, 2.05) is 36.4 Å². The highest BCUT2D eigenvalue weighted by Crippen LogP contribution is 2.45. The van der Waals surface area contributed by atoms with Gasteiger partial charge in [0.15, 0.2) is 11.6 Å². The Morgan fingerprint density at radius 2 is 1.95 bits per heavy atom. The second kappa shape index (κ2) is 13.0. The molecule has 0 spiro atoms. The molecule has 4 rings (SSSR count). The zero-order valence-corrected chi connectivity index (χ0v) is 23.0. The number of rotatable bonds is 12. The molecule has 2 atom stereocenters. The number of hydrogen-bond donors (Lipinski definition) is 2. The third-order valence-electron chi connectivity index (χ3n) is 6.36. The predicted molar refractivity (Wildman–Crippen MR) is 153 cm³/mol. The molecule has 3 aromatic rings. The third kappa shape index (κ3) is 6.38. The van der Waals surface area contributed by atoms with Crippen LogP contribution < -0.4 is 14.8 Å². The number of carbonyl (C=O) groups is 1. The average molecular weight is 569 g/mol. The minimum absolute atomic E-state index is 0.0574. The van der Waals surface area contributed by atoms with Gasteiger partial charge in [0.1, 0.15) is 11.5 Å². The maximum absolute atomic E-state index is 14.0. The van der Waals surface area contributed by atoms with Gasteiger partial charge in [-0.05, 0) is 42.5 Å². The molecule has 1 aliphatic heterocycles. The zero-order valence-electron chi connectivity index (χ0n) is 21.5. The molecule has 0 radical (unpaired) electrons. The van der Waals surface area contributed by atoms with Gasteiger partial charge in [0.05, 0.1) is 13.7 Å². The lowest BCUT2D eigenvalue weighted by atomic mass is 9.84. The van der Waals surface area contributed by atoms with E-state index >= 15 is 0 Å². The molecule has 9 heteroatoms. The minimum Gasteiger partial charge on any atom is -0.496 e. The third-order valence-corrected chi connectivity index (χ3v) is 6.92. The number of aliphatic imine (C=N–C) groups is 1. The van der Waals surface area contributed by atoms with Crippen molar-refractivity contribution in [3.05, 3.63) is 106 Å². The number of aliphatic hydroxyl groups is 1. The number of nitrogens with one attached hydrogen (secondary N) is 1. The number of benzene rings is 3. The molecule has 0 aliphatic carbocycles. The maximum Gasteiger partial charge on any atom is 0.252 e. The van der Waals surface area contributed by atoms with E-state index in [-0.39, 0.29) is 25.5 Å². The van der Waals surface area contributed by atoms with Gasteiger partial charge in [0, 0.05) is 52.7 Å². The summed E-state index contributed by atoms with van der Waals surface area (Å²) >= 11 is 12.8. The van der Waals surface area contributed by atoms with Crippen LogP contribution in [0.15, 0.2) is 84.4 Å². The molecule has 1 amide bonds. The predicted octanol–water partition coefficient (Wildman–Crippen LogP) is 5.91. The van der Waals surface area contributed by atoms with E-state index < -0.39 is 11.6 Å². The van der Waals surface area contributed by atoms with Crippen LogP contribution in [0, 0.1) is 0 Å². The molecule has 3 aromatic carbocycles. The van der Waals surface area contributed by atoms with Crippen molar-refractivity contribution in [2.75, 3.05) is 20.3 Å². The maximum atomic E-state index is 14.0. The van der Waals surface area contributed by atoms with Crippen LogP contribution >= 0.6 is 23.2 Å². The second-order valence-electron chi connectivity index (χ2n) is 8.94. The van der Waals surface area contributed by atoms with E-state index in [2.05, 4.69) is 11.9 Å². The van der Waals surface area contributed by atoms with E-state index in [1.54, 1.807) is 43.5 Å². The van der Waals surface area contributed by atoms with E-state index in [9.17, 15) is 4.79 Å². The van der Waals surface area contributed by atoms with E-state index in [0.717, 1.165) is 5.56 Å². The molecule has 0 bridgehead atoms. The standard InChI is InChI=1S/C30H30Cl2N2O5/c1-3-15-30(29(36)33-19-21-7-4-5-8-26(21)37-2)27(24-14-11-22(31)18-25(24)32)39-28(34-30)20-9-12-23(13-10-20)38-17-6-16-35/h3-5,7-14,18,27,35H,1,6,15-17,19H2,2H3,(H,33,36)/t27-,30-/m1/s1. The van der Waals surface area contributed by atoms with Crippen molar-refractivity contribution >= 4 is 35.0 Å². The fourth-order valence-electron chi connectivity index (χ4n) is 4.40. The Bertz CT molecular complexity index is 1350. The largest absolute Gasteiger partial charge is 0.496 e. The quantitative estimate of drug-likeness (QED) is 0.209. The second-order valence-corrected chi connectivity index (χ2v) is 9.79. The number of aliphatic hydroxyl groups excluding tert-OH is 1. The molecule has 1 heterocycles. The molecule has 7 nitrogen and oxygen atoms in total. The van der Waals surface area contributed by atoms with Crippen molar-refractivity contribution < 1.29 is 24.1 Å². The van der Waals surface area contributed by atoms with Crippen LogP contribution in [0.5, 0.6) is 11.5 Å². The highest BCUT2D eigenvalue weighted by atomic mass is 35.5. The van der Waals surface area contributed by atoms with Crippen molar-refractivity contribution in [3.63, 3.8) is 0 Å². The molecule has 0 aromatic heterocycles. The van der Waals surface area contributed by atoms with Gasteiger partial charge >= 0.3 is 0 Å². The lowest BCUT2D eigenvalue weighted by Crippen LogP contribution is -2.47. The monoisotopic (exact) mass is 568 g/mol. The summed E-state index contributed by atoms with van der Waals surface area (Å²) in [7, 11) is 1.59. The molecule has 0 unspecified atom stereocenters. The summed E-state index contributed by atoms with van der Waals surface area (Å²) in [6, 6.07) is 19.7. The number of ether oxygens (including phenoxy) is 3. The van der Waals surface area contributed by atoms with Crippen LogP contribution in [0.2, 0.25) is 10.0 Å². The molecular formula is C30H30Cl2N2O5. The Morgan fingerprint density at radius 1 is 1.18 bits per heavy atom. The molecule has 204 valence electrons. The van der Waals surface area contributed by atoms with E-state index in [0.29, 0.717) is 51.6 Å². The van der Waals surface area contributed by atoms with Gasteiger partial charge in [-0.25, -0.2) is 4.99 Å². The van der Waals surface area contributed by atoms with Crippen LogP contribution in [-0.2, 0) is 16.1 Å². The number of amides is 1. The molecule has 1 aliphatic rings. The molecular weight excluding hydrogens is 539 g/mol. The highest BCUT2D eigenvalue weighted by molar-refractivity contribution is 6.35. The number of halogens is 2. The van der Waals surface area contributed by atoms with Gasteiger partial charge in [-0.15, -0.1) is 6.58 Å². The number of carbonyl (C=O) groups excluding carboxylic acids is 1. The van der Waals surface area contributed by atoms with Gasteiger partial charge < -0.3 is 24.6 Å². The molecule has 0 saturated carbocycles. The summed E-state index contributed by atoms with van der Waals surface area (Å²) < 4.78 is 17.5. The highest BCUT2D eigenvalue weighted by Gasteiger charge is 2.53. The van der Waals surface area contributed by atoms with Gasteiger partial charge in [0.2, 0.25) is 5.90 Å². The first-order valence-electron chi connectivity index (χ1n) is 12.5. The number of hydrogen-bond acceptors (Lipinski definition) is 6. The smallest absolute Gasteiger partial charge is 0.252 e. The van der Waals surface area contributed by atoms with Gasteiger partial charge in [0.25, 0.3) is 5.91 Å². The first kappa shape index (κ1) is 28.5. The normalized spacial score (nSPS) is 18.2. The Kier molecular flexibility index (Phi) is 9.51. The van der Waals surface area contributed by atoms with Gasteiger partial charge in [-0.3, -0.25) is 4.79 Å². The fourth-order valence-corrected chi connectivity index (χ4v) is 4.91. The number of methoxy groups -OCH3 is 1. The van der Waals surface area contributed by atoms with Crippen molar-refractivity contribution in [2.24, 2.45) is 4.99 Å². The Hall–Kier alpha value is -3.52. The SMILES string of the molecule is C=CC[C@@]1(C(=O)NCc2ccccc2OC)N=C(c2ccc(OCCCO)cc2)O[C@@H]1c1ccc(Cl)cc1Cl. The minimum atomic E-state index is -1.38. The van der Waals surface area contributed by atoms with Gasteiger partial charge in [-0.2, -0.15) is 0 Å². The summed E-state index contributed by atoms with van der Waals surface area (Å²) in [5.41, 5.74) is 0.691. The molecule has 39 heavy (non-hydrogen) atoms. The van der Waals surface area contributed by atoms with Crippen molar-refractivity contribution in [1.82, 2.24) is 5.32 Å². The fraction of sp³-hybridized carbons (Fsp3) is 0.267. The number of para-hydroxylation sites is 1. The first-order valence-corrected chi connectivity index (χ1v) is 13.2. The Balaban J connectivity index is 1.70. The summed E-state index contributed by atoms with van der Waals surface area (Å²) in [4.78, 5) is 18.8.